The number of hydrogen-bond acceptors (Lipinski definition) is 2. The molecule has 1 N–H and O–H groups in total. The Balaban J connectivity index is 2.10. The van der Waals surface area contributed by atoms with Crippen LogP contribution in [0.25, 0.3) is 0 Å². The highest BCUT2D eigenvalue weighted by atomic mass is 35.5. The Hall–Kier alpha value is -0.770. The fourth-order valence-corrected chi connectivity index (χ4v) is 3.45. The molecule has 0 saturated carbocycles. The van der Waals surface area contributed by atoms with E-state index in [0.29, 0.717) is 16.1 Å². The molecule has 5 heteroatoms. The highest BCUT2D eigenvalue weighted by Crippen LogP contribution is 2.30. The minimum atomic E-state index is -0.0625. The first kappa shape index (κ1) is 16.6. The molecule has 1 aliphatic heterocycles. The van der Waals surface area contributed by atoms with Crippen LogP contribution in [0, 0.1) is 5.92 Å². The summed E-state index contributed by atoms with van der Waals surface area (Å²) in [5, 5.41) is 4.59. The second kappa shape index (κ2) is 6.99. The summed E-state index contributed by atoms with van der Waals surface area (Å²) in [5.74, 6) is 0.293. The summed E-state index contributed by atoms with van der Waals surface area (Å²) in [6.07, 6.45) is 1.79. The van der Waals surface area contributed by atoms with Gasteiger partial charge in [-0.25, -0.2) is 0 Å². The number of nitrogens with one attached hydrogen (secondary N) is 1. The lowest BCUT2D eigenvalue weighted by Gasteiger charge is -2.33. The van der Waals surface area contributed by atoms with Crippen LogP contribution in [0.2, 0.25) is 10.0 Å². The van der Waals surface area contributed by atoms with Crippen molar-refractivity contribution in [2.45, 2.75) is 38.8 Å². The number of nitrogens with zero attached hydrogens (tertiary/aromatic N) is 1. The molecule has 3 atom stereocenters. The van der Waals surface area contributed by atoms with E-state index in [1.807, 2.05) is 26.1 Å². The summed E-state index contributed by atoms with van der Waals surface area (Å²) >= 11 is 12.2. The first-order valence-corrected chi connectivity index (χ1v) is 8.10. The van der Waals surface area contributed by atoms with E-state index >= 15 is 0 Å². The molecule has 3 nitrogen and oxygen atoms in total. The van der Waals surface area contributed by atoms with Crippen molar-refractivity contribution in [1.82, 2.24) is 10.2 Å². The molecule has 2 rings (SSSR count). The van der Waals surface area contributed by atoms with Gasteiger partial charge in [0.05, 0.1) is 6.04 Å². The maximum atomic E-state index is 12.7. The minimum absolute atomic E-state index is 0.0625. The normalized spacial score (nSPS) is 23.7. The van der Waals surface area contributed by atoms with Crippen LogP contribution in [0.1, 0.15) is 38.3 Å². The molecule has 1 unspecified atom stereocenters. The zero-order valence-electron chi connectivity index (χ0n) is 12.7. The fourth-order valence-electron chi connectivity index (χ4n) is 2.88. The number of hydrogen-bond donors (Lipinski definition) is 1. The van der Waals surface area contributed by atoms with E-state index in [2.05, 4.69) is 12.2 Å². The topological polar surface area (TPSA) is 32.3 Å². The zero-order valence-corrected chi connectivity index (χ0v) is 14.2. The van der Waals surface area contributed by atoms with Gasteiger partial charge in [-0.1, -0.05) is 29.3 Å². The number of piperidine rings is 1. The second-order valence-electron chi connectivity index (χ2n) is 5.87. The number of carbonyl (C=O) groups excluding carboxylic acids is 1. The fraction of sp³-hybridized carbons (Fsp3) is 0.562. The first-order valence-electron chi connectivity index (χ1n) is 7.35. The quantitative estimate of drug-likeness (QED) is 0.912. The molecule has 1 amide bonds. The Morgan fingerprint density at radius 1 is 1.43 bits per heavy atom. The standard InChI is InChI=1S/C16H22Cl2N2O/c1-10-8-12(6-7-19-10)16(21)20(3)11(2)14-5-4-13(17)9-15(14)18/h4-5,9-12,19H,6-8H2,1-3H3/t10-,11?,12-/m0/s1. The van der Waals surface area contributed by atoms with Gasteiger partial charge in [-0.3, -0.25) is 4.79 Å². The van der Waals surface area contributed by atoms with Gasteiger partial charge in [-0.2, -0.15) is 0 Å². The van der Waals surface area contributed by atoms with E-state index < -0.39 is 0 Å². The van der Waals surface area contributed by atoms with Crippen LogP contribution in [-0.2, 0) is 4.79 Å². The summed E-state index contributed by atoms with van der Waals surface area (Å²) in [4.78, 5) is 14.5. The van der Waals surface area contributed by atoms with Gasteiger partial charge >= 0.3 is 0 Å². The average molecular weight is 329 g/mol. The van der Waals surface area contributed by atoms with Crippen molar-refractivity contribution < 1.29 is 4.79 Å². The molecular formula is C16H22Cl2N2O. The summed E-state index contributed by atoms with van der Waals surface area (Å²) in [6.45, 7) is 5.03. The Labute approximate surface area is 136 Å². The monoisotopic (exact) mass is 328 g/mol. The van der Waals surface area contributed by atoms with Crippen molar-refractivity contribution in [3.63, 3.8) is 0 Å². The highest BCUT2D eigenvalue weighted by molar-refractivity contribution is 6.35. The van der Waals surface area contributed by atoms with Gasteiger partial charge in [-0.15, -0.1) is 0 Å². The van der Waals surface area contributed by atoms with Crippen LogP contribution >= 0.6 is 23.2 Å². The van der Waals surface area contributed by atoms with Crippen molar-refractivity contribution in [1.29, 1.82) is 0 Å². The zero-order chi connectivity index (χ0) is 15.6. The number of benzene rings is 1. The molecular weight excluding hydrogens is 307 g/mol. The maximum Gasteiger partial charge on any atom is 0.226 e. The van der Waals surface area contributed by atoms with Gasteiger partial charge in [-0.05, 0) is 50.9 Å². The molecule has 0 bridgehead atoms. The van der Waals surface area contributed by atoms with Crippen molar-refractivity contribution in [2.75, 3.05) is 13.6 Å². The van der Waals surface area contributed by atoms with Gasteiger partial charge in [0.1, 0.15) is 0 Å². The molecule has 1 saturated heterocycles. The van der Waals surface area contributed by atoms with Crippen LogP contribution in [0.15, 0.2) is 18.2 Å². The van der Waals surface area contributed by atoms with E-state index in [1.165, 1.54) is 0 Å². The lowest BCUT2D eigenvalue weighted by atomic mass is 9.91. The third-order valence-corrected chi connectivity index (χ3v) is 4.88. The molecule has 0 spiro atoms. The predicted octanol–water partition coefficient (Wildman–Crippen LogP) is 3.90. The Kier molecular flexibility index (Phi) is 5.53. The lowest BCUT2D eigenvalue weighted by molar-refractivity contribution is -0.137. The maximum absolute atomic E-state index is 12.7. The van der Waals surface area contributed by atoms with Gasteiger partial charge in [0.15, 0.2) is 0 Å². The second-order valence-corrected chi connectivity index (χ2v) is 6.71. The van der Waals surface area contributed by atoms with Crippen LogP contribution < -0.4 is 5.32 Å². The van der Waals surface area contributed by atoms with Gasteiger partial charge in [0.2, 0.25) is 5.91 Å². The molecule has 0 aliphatic carbocycles. The van der Waals surface area contributed by atoms with Gasteiger partial charge in [0, 0.05) is 29.1 Å². The summed E-state index contributed by atoms with van der Waals surface area (Å²) in [5.41, 5.74) is 0.930. The van der Waals surface area contributed by atoms with Crippen LogP contribution in [0.5, 0.6) is 0 Å². The minimum Gasteiger partial charge on any atom is -0.339 e. The predicted molar refractivity (Wildman–Crippen MR) is 87.8 cm³/mol. The molecule has 1 aromatic rings. The first-order chi connectivity index (χ1) is 9.90. The van der Waals surface area contributed by atoms with Gasteiger partial charge in [0.25, 0.3) is 0 Å². The molecule has 1 heterocycles. The largest absolute Gasteiger partial charge is 0.339 e. The number of halogens is 2. The molecule has 1 aliphatic rings. The molecule has 1 aromatic carbocycles. The summed E-state index contributed by atoms with van der Waals surface area (Å²) < 4.78 is 0. The Bertz CT molecular complexity index is 521. The third-order valence-electron chi connectivity index (χ3n) is 4.31. The van der Waals surface area contributed by atoms with Crippen molar-refractivity contribution in [3.05, 3.63) is 33.8 Å². The SMILES string of the molecule is CC(c1ccc(Cl)cc1Cl)N(C)C(=O)[C@H]1CCN[C@@H](C)C1. The summed E-state index contributed by atoms with van der Waals surface area (Å²) in [6, 6.07) is 5.76. The molecule has 21 heavy (non-hydrogen) atoms. The number of rotatable bonds is 3. The molecule has 0 radical (unpaired) electrons. The summed E-state index contributed by atoms with van der Waals surface area (Å²) in [7, 11) is 1.85. The smallest absolute Gasteiger partial charge is 0.226 e. The van der Waals surface area contributed by atoms with Crippen molar-refractivity contribution >= 4 is 29.1 Å². The van der Waals surface area contributed by atoms with Crippen molar-refractivity contribution in [2.24, 2.45) is 5.92 Å². The Morgan fingerprint density at radius 2 is 2.14 bits per heavy atom. The van der Waals surface area contributed by atoms with E-state index in [9.17, 15) is 4.79 Å². The molecule has 116 valence electrons. The molecule has 1 fully saturated rings. The van der Waals surface area contributed by atoms with E-state index in [4.69, 9.17) is 23.2 Å². The molecule has 0 aromatic heterocycles. The van der Waals surface area contributed by atoms with E-state index in [-0.39, 0.29) is 17.9 Å². The van der Waals surface area contributed by atoms with Crippen LogP contribution in [-0.4, -0.2) is 30.4 Å². The number of amides is 1. The highest BCUT2D eigenvalue weighted by Gasteiger charge is 2.29. The van der Waals surface area contributed by atoms with E-state index in [0.717, 1.165) is 24.9 Å². The number of carbonyl (C=O) groups is 1. The average Bonchev–Trinajstić information content (AvgIpc) is 2.45. The van der Waals surface area contributed by atoms with Gasteiger partial charge < -0.3 is 10.2 Å². The lowest BCUT2D eigenvalue weighted by Crippen LogP contribution is -2.43. The third kappa shape index (κ3) is 3.91. The van der Waals surface area contributed by atoms with Crippen LogP contribution in [0.3, 0.4) is 0 Å². The Morgan fingerprint density at radius 3 is 2.76 bits per heavy atom. The van der Waals surface area contributed by atoms with Crippen molar-refractivity contribution in [3.8, 4) is 0 Å². The van der Waals surface area contributed by atoms with E-state index in [1.54, 1.807) is 11.0 Å². The van der Waals surface area contributed by atoms with Crippen LogP contribution in [0.4, 0.5) is 0 Å².